The highest BCUT2D eigenvalue weighted by molar-refractivity contribution is 6.06. The van der Waals surface area contributed by atoms with Crippen LogP contribution < -0.4 is 10.1 Å². The number of hydrogen-bond acceptors (Lipinski definition) is 2. The fraction of sp³-hybridized carbons (Fsp3) is 0.0625. The van der Waals surface area contributed by atoms with Gasteiger partial charge in [-0.05, 0) is 36.4 Å². The summed E-state index contributed by atoms with van der Waals surface area (Å²) in [5.74, 6) is 0.574. The fourth-order valence-electron chi connectivity index (χ4n) is 2.10. The van der Waals surface area contributed by atoms with Crippen LogP contribution in [0, 0.1) is 0 Å². The Morgan fingerprint density at radius 3 is 2.90 bits per heavy atom. The van der Waals surface area contributed by atoms with Crippen molar-refractivity contribution >= 4 is 22.5 Å². The molecule has 0 aliphatic carbocycles. The summed E-state index contributed by atoms with van der Waals surface area (Å²) in [6.07, 6.45) is 1.86. The van der Waals surface area contributed by atoms with Crippen LogP contribution in [0.15, 0.2) is 54.7 Å². The predicted octanol–water partition coefficient (Wildman–Crippen LogP) is 3.43. The molecule has 0 fully saturated rings. The van der Waals surface area contributed by atoms with Crippen LogP contribution in [-0.2, 0) is 0 Å². The maximum atomic E-state index is 12.2. The molecule has 0 atom stereocenters. The van der Waals surface area contributed by atoms with Gasteiger partial charge in [0.05, 0.1) is 7.11 Å². The molecule has 0 aliphatic rings. The molecule has 0 saturated heterocycles. The normalized spacial score (nSPS) is 10.4. The van der Waals surface area contributed by atoms with E-state index in [1.165, 1.54) is 0 Å². The molecule has 2 aromatic carbocycles. The number of amides is 1. The smallest absolute Gasteiger partial charge is 0.255 e. The molecule has 4 heteroatoms. The van der Waals surface area contributed by atoms with Gasteiger partial charge in [-0.2, -0.15) is 0 Å². The molecule has 3 rings (SSSR count). The average Bonchev–Trinajstić information content (AvgIpc) is 2.94. The molecule has 1 heterocycles. The largest absolute Gasteiger partial charge is 0.497 e. The number of nitrogens with one attached hydrogen (secondary N) is 2. The molecule has 1 amide bonds. The first-order valence-corrected chi connectivity index (χ1v) is 6.29. The zero-order valence-corrected chi connectivity index (χ0v) is 11.0. The maximum Gasteiger partial charge on any atom is 0.255 e. The number of anilines is 1. The van der Waals surface area contributed by atoms with Gasteiger partial charge in [0.25, 0.3) is 5.91 Å². The van der Waals surface area contributed by atoms with Crippen molar-refractivity contribution in [2.45, 2.75) is 0 Å². The van der Waals surface area contributed by atoms with Crippen LogP contribution in [0.5, 0.6) is 5.75 Å². The summed E-state index contributed by atoms with van der Waals surface area (Å²) >= 11 is 0. The van der Waals surface area contributed by atoms with Crippen molar-refractivity contribution in [2.24, 2.45) is 0 Å². The van der Waals surface area contributed by atoms with Crippen LogP contribution in [0.2, 0.25) is 0 Å². The average molecular weight is 266 g/mol. The van der Waals surface area contributed by atoms with Crippen LogP contribution in [0.1, 0.15) is 10.4 Å². The molecule has 100 valence electrons. The monoisotopic (exact) mass is 266 g/mol. The molecule has 3 aromatic rings. The lowest BCUT2D eigenvalue weighted by Crippen LogP contribution is -2.11. The Labute approximate surface area is 116 Å². The van der Waals surface area contributed by atoms with E-state index >= 15 is 0 Å². The molecular weight excluding hydrogens is 252 g/mol. The van der Waals surface area contributed by atoms with E-state index < -0.39 is 0 Å². The summed E-state index contributed by atoms with van der Waals surface area (Å²) in [5, 5.41) is 3.88. The number of fused-ring (bicyclic) bond motifs is 1. The summed E-state index contributed by atoms with van der Waals surface area (Å²) < 4.78 is 5.13. The number of aromatic nitrogens is 1. The summed E-state index contributed by atoms with van der Waals surface area (Å²) in [7, 11) is 1.60. The van der Waals surface area contributed by atoms with Gasteiger partial charge in [0, 0.05) is 34.4 Å². The number of methoxy groups -OCH3 is 1. The fourth-order valence-corrected chi connectivity index (χ4v) is 2.10. The SMILES string of the molecule is COc1cccc(NC(=O)c2ccc3[nH]ccc3c2)c1. The van der Waals surface area contributed by atoms with Gasteiger partial charge in [-0.1, -0.05) is 6.07 Å². The van der Waals surface area contributed by atoms with E-state index in [9.17, 15) is 4.79 Å². The molecule has 0 radical (unpaired) electrons. The zero-order chi connectivity index (χ0) is 13.9. The number of benzene rings is 2. The summed E-state index contributed by atoms with van der Waals surface area (Å²) in [6, 6.07) is 14.8. The predicted molar refractivity (Wildman–Crippen MR) is 79.2 cm³/mol. The molecule has 1 aromatic heterocycles. The number of carbonyl (C=O) groups excluding carboxylic acids is 1. The van der Waals surface area contributed by atoms with E-state index in [1.54, 1.807) is 19.2 Å². The van der Waals surface area contributed by atoms with E-state index in [-0.39, 0.29) is 5.91 Å². The van der Waals surface area contributed by atoms with Crippen molar-refractivity contribution in [2.75, 3.05) is 12.4 Å². The third kappa shape index (κ3) is 2.36. The first kappa shape index (κ1) is 12.3. The third-order valence-electron chi connectivity index (χ3n) is 3.14. The summed E-state index contributed by atoms with van der Waals surface area (Å²) in [6.45, 7) is 0. The van der Waals surface area contributed by atoms with E-state index in [0.29, 0.717) is 17.0 Å². The lowest BCUT2D eigenvalue weighted by molar-refractivity contribution is 0.102. The van der Waals surface area contributed by atoms with Crippen molar-refractivity contribution in [3.63, 3.8) is 0 Å². The van der Waals surface area contributed by atoms with Gasteiger partial charge in [0.2, 0.25) is 0 Å². The Balaban J connectivity index is 1.84. The number of hydrogen-bond donors (Lipinski definition) is 2. The number of carbonyl (C=O) groups is 1. The van der Waals surface area contributed by atoms with Crippen molar-refractivity contribution in [3.8, 4) is 5.75 Å². The van der Waals surface area contributed by atoms with Gasteiger partial charge in [0.1, 0.15) is 5.75 Å². The van der Waals surface area contributed by atoms with Crippen molar-refractivity contribution in [3.05, 3.63) is 60.3 Å². The second-order valence-electron chi connectivity index (χ2n) is 4.47. The van der Waals surface area contributed by atoms with Crippen LogP contribution >= 0.6 is 0 Å². The van der Waals surface area contributed by atoms with Crippen LogP contribution in [-0.4, -0.2) is 18.0 Å². The quantitative estimate of drug-likeness (QED) is 0.763. The minimum Gasteiger partial charge on any atom is -0.497 e. The van der Waals surface area contributed by atoms with Gasteiger partial charge in [-0.25, -0.2) is 0 Å². The molecule has 20 heavy (non-hydrogen) atoms. The molecule has 0 aliphatic heterocycles. The Hall–Kier alpha value is -2.75. The van der Waals surface area contributed by atoms with E-state index in [4.69, 9.17) is 4.74 Å². The van der Waals surface area contributed by atoms with Crippen LogP contribution in [0.3, 0.4) is 0 Å². The Morgan fingerprint density at radius 1 is 1.15 bits per heavy atom. The molecule has 0 unspecified atom stereocenters. The first-order valence-electron chi connectivity index (χ1n) is 6.29. The van der Waals surface area contributed by atoms with E-state index in [2.05, 4.69) is 10.3 Å². The lowest BCUT2D eigenvalue weighted by Gasteiger charge is -2.07. The number of H-pyrrole nitrogens is 1. The number of aromatic amines is 1. The van der Waals surface area contributed by atoms with Crippen LogP contribution in [0.25, 0.3) is 10.9 Å². The molecule has 0 bridgehead atoms. The highest BCUT2D eigenvalue weighted by Gasteiger charge is 2.07. The second-order valence-corrected chi connectivity index (χ2v) is 4.47. The lowest BCUT2D eigenvalue weighted by atomic mass is 10.1. The highest BCUT2D eigenvalue weighted by atomic mass is 16.5. The molecular formula is C16H14N2O2. The second kappa shape index (κ2) is 5.09. The van der Waals surface area contributed by atoms with E-state index in [0.717, 1.165) is 10.9 Å². The number of rotatable bonds is 3. The van der Waals surface area contributed by atoms with Crippen LogP contribution in [0.4, 0.5) is 5.69 Å². The molecule has 0 spiro atoms. The van der Waals surface area contributed by atoms with Gasteiger partial charge in [0.15, 0.2) is 0 Å². The topological polar surface area (TPSA) is 54.1 Å². The van der Waals surface area contributed by atoms with Gasteiger partial charge >= 0.3 is 0 Å². The van der Waals surface area contributed by atoms with E-state index in [1.807, 2.05) is 42.6 Å². The van der Waals surface area contributed by atoms with Gasteiger partial charge in [-0.3, -0.25) is 4.79 Å². The van der Waals surface area contributed by atoms with Crippen molar-refractivity contribution in [1.82, 2.24) is 4.98 Å². The standard InChI is InChI=1S/C16H14N2O2/c1-20-14-4-2-3-13(10-14)18-16(19)12-5-6-15-11(9-12)7-8-17-15/h2-10,17H,1H3,(H,18,19). The minimum atomic E-state index is -0.138. The zero-order valence-electron chi connectivity index (χ0n) is 11.0. The summed E-state index contributed by atoms with van der Waals surface area (Å²) in [5.41, 5.74) is 2.35. The number of ether oxygens (including phenoxy) is 1. The van der Waals surface area contributed by atoms with Gasteiger partial charge in [-0.15, -0.1) is 0 Å². The van der Waals surface area contributed by atoms with Gasteiger partial charge < -0.3 is 15.0 Å². The Kier molecular flexibility index (Phi) is 3.13. The van der Waals surface area contributed by atoms with Crippen molar-refractivity contribution < 1.29 is 9.53 Å². The molecule has 0 saturated carbocycles. The van der Waals surface area contributed by atoms with Crippen molar-refractivity contribution in [1.29, 1.82) is 0 Å². The molecule has 4 nitrogen and oxygen atoms in total. The Bertz CT molecular complexity index is 762. The highest BCUT2D eigenvalue weighted by Crippen LogP contribution is 2.19. The maximum absolute atomic E-state index is 12.2. The molecule has 2 N–H and O–H groups in total. The third-order valence-corrected chi connectivity index (χ3v) is 3.14. The Morgan fingerprint density at radius 2 is 2.05 bits per heavy atom. The summed E-state index contributed by atoms with van der Waals surface area (Å²) in [4.78, 5) is 15.3. The first-order chi connectivity index (χ1) is 9.76. The minimum absolute atomic E-state index is 0.138.